The Labute approximate surface area is 124 Å². The Kier molecular flexibility index (Phi) is 5.25. The zero-order chi connectivity index (χ0) is 15.7. The molecule has 20 heavy (non-hydrogen) atoms. The fraction of sp³-hybridized carbons (Fsp3) is 0.938. The Morgan fingerprint density at radius 1 is 1.40 bits per heavy atom. The van der Waals surface area contributed by atoms with Crippen LogP contribution in [-0.4, -0.2) is 53.6 Å². The quantitative estimate of drug-likeness (QED) is 0.812. The summed E-state index contributed by atoms with van der Waals surface area (Å²) in [6, 6.07) is 0. The molecule has 2 atom stereocenters. The van der Waals surface area contributed by atoms with Gasteiger partial charge in [-0.25, -0.2) is 0 Å². The SMILES string of the molecule is CCC1(C)NC(CC(C)C)N(CC(C)(C)N(C)C)C1=O. The van der Waals surface area contributed by atoms with Crippen molar-refractivity contribution in [3.63, 3.8) is 0 Å². The van der Waals surface area contributed by atoms with E-state index < -0.39 is 5.54 Å². The Balaban J connectivity index is 2.96. The summed E-state index contributed by atoms with van der Waals surface area (Å²) in [6.07, 6.45) is 2.00. The molecule has 1 saturated heterocycles. The Bertz CT molecular complexity index is 352. The molecule has 0 aromatic rings. The molecule has 0 saturated carbocycles. The van der Waals surface area contributed by atoms with E-state index >= 15 is 0 Å². The van der Waals surface area contributed by atoms with Crippen LogP contribution in [0.2, 0.25) is 0 Å². The van der Waals surface area contributed by atoms with Gasteiger partial charge in [-0.2, -0.15) is 0 Å². The number of amides is 1. The predicted molar refractivity (Wildman–Crippen MR) is 84.6 cm³/mol. The number of nitrogens with zero attached hydrogens (tertiary/aromatic N) is 2. The third-order valence-corrected chi connectivity index (χ3v) is 4.76. The summed E-state index contributed by atoms with van der Waals surface area (Å²) in [4.78, 5) is 17.0. The first kappa shape index (κ1) is 17.4. The van der Waals surface area contributed by atoms with Crippen LogP contribution in [-0.2, 0) is 4.79 Å². The molecule has 1 aliphatic heterocycles. The van der Waals surface area contributed by atoms with Crippen molar-refractivity contribution < 1.29 is 4.79 Å². The van der Waals surface area contributed by atoms with Crippen LogP contribution < -0.4 is 5.32 Å². The molecule has 118 valence electrons. The smallest absolute Gasteiger partial charge is 0.243 e. The normalized spacial score (nSPS) is 28.0. The van der Waals surface area contributed by atoms with Crippen molar-refractivity contribution in [2.75, 3.05) is 20.6 Å². The summed E-state index contributed by atoms with van der Waals surface area (Å²) >= 11 is 0. The second kappa shape index (κ2) is 6.02. The van der Waals surface area contributed by atoms with Crippen molar-refractivity contribution in [3.05, 3.63) is 0 Å². The van der Waals surface area contributed by atoms with Crippen LogP contribution in [0, 0.1) is 5.92 Å². The molecular formula is C16H33N3O. The number of hydrogen-bond donors (Lipinski definition) is 1. The maximum Gasteiger partial charge on any atom is 0.243 e. The molecule has 0 aromatic carbocycles. The Hall–Kier alpha value is -0.610. The largest absolute Gasteiger partial charge is 0.324 e. The highest BCUT2D eigenvalue weighted by atomic mass is 16.2. The Morgan fingerprint density at radius 3 is 2.35 bits per heavy atom. The summed E-state index contributed by atoms with van der Waals surface area (Å²) in [6.45, 7) is 13.7. The lowest BCUT2D eigenvalue weighted by Gasteiger charge is -2.38. The van der Waals surface area contributed by atoms with Gasteiger partial charge in [0.15, 0.2) is 0 Å². The van der Waals surface area contributed by atoms with Crippen LogP contribution in [0.1, 0.15) is 54.4 Å². The number of likely N-dealkylation sites (N-methyl/N-ethyl adjacent to an activating group) is 1. The third-order valence-electron chi connectivity index (χ3n) is 4.76. The van der Waals surface area contributed by atoms with Crippen molar-refractivity contribution in [2.45, 2.75) is 71.6 Å². The van der Waals surface area contributed by atoms with Gasteiger partial charge in [-0.1, -0.05) is 20.8 Å². The Morgan fingerprint density at radius 2 is 1.95 bits per heavy atom. The first-order valence-corrected chi connectivity index (χ1v) is 7.79. The first-order valence-electron chi connectivity index (χ1n) is 7.79. The second-order valence-electron chi connectivity index (χ2n) is 7.62. The van der Waals surface area contributed by atoms with Gasteiger partial charge in [-0.15, -0.1) is 0 Å². The van der Waals surface area contributed by atoms with Gasteiger partial charge in [0.25, 0.3) is 0 Å². The van der Waals surface area contributed by atoms with E-state index in [1.54, 1.807) is 0 Å². The van der Waals surface area contributed by atoms with Crippen LogP contribution in [0.4, 0.5) is 0 Å². The molecule has 2 unspecified atom stereocenters. The molecule has 0 bridgehead atoms. The molecule has 1 aliphatic rings. The van der Waals surface area contributed by atoms with E-state index in [0.29, 0.717) is 5.92 Å². The fourth-order valence-electron chi connectivity index (χ4n) is 2.59. The highest BCUT2D eigenvalue weighted by molar-refractivity contribution is 5.88. The van der Waals surface area contributed by atoms with Gasteiger partial charge in [0.1, 0.15) is 0 Å². The van der Waals surface area contributed by atoms with Crippen LogP contribution in [0.15, 0.2) is 0 Å². The standard InChI is InChI=1S/C16H33N3O/c1-9-16(6)14(20)19(11-15(4,5)18(7)8)13(17-16)10-12(2)3/h12-13,17H,9-11H2,1-8H3. The molecule has 4 nitrogen and oxygen atoms in total. The van der Waals surface area contributed by atoms with E-state index in [2.05, 4.69) is 63.8 Å². The molecule has 1 N–H and O–H groups in total. The minimum absolute atomic E-state index is 0.0223. The lowest BCUT2D eigenvalue weighted by atomic mass is 9.98. The average molecular weight is 283 g/mol. The molecule has 4 heteroatoms. The molecule has 0 radical (unpaired) electrons. The van der Waals surface area contributed by atoms with Crippen molar-refractivity contribution in [2.24, 2.45) is 5.92 Å². The molecule has 1 fully saturated rings. The molecular weight excluding hydrogens is 250 g/mol. The fourth-order valence-corrected chi connectivity index (χ4v) is 2.59. The van der Waals surface area contributed by atoms with Crippen molar-refractivity contribution in [1.29, 1.82) is 0 Å². The number of hydrogen-bond acceptors (Lipinski definition) is 3. The van der Waals surface area contributed by atoms with Gasteiger partial charge in [-0.05, 0) is 53.6 Å². The number of carbonyl (C=O) groups is 1. The third kappa shape index (κ3) is 3.53. The van der Waals surface area contributed by atoms with Crippen LogP contribution >= 0.6 is 0 Å². The van der Waals surface area contributed by atoms with Gasteiger partial charge in [0.05, 0.1) is 11.7 Å². The van der Waals surface area contributed by atoms with E-state index in [-0.39, 0.29) is 17.6 Å². The lowest BCUT2D eigenvalue weighted by molar-refractivity contribution is -0.134. The van der Waals surface area contributed by atoms with Gasteiger partial charge < -0.3 is 9.80 Å². The molecule has 0 spiro atoms. The van der Waals surface area contributed by atoms with Gasteiger partial charge in [0.2, 0.25) is 5.91 Å². The topological polar surface area (TPSA) is 35.6 Å². The summed E-state index contributed by atoms with van der Waals surface area (Å²) in [5, 5.41) is 3.57. The molecule has 1 heterocycles. The summed E-state index contributed by atoms with van der Waals surface area (Å²) in [5.41, 5.74) is -0.423. The summed E-state index contributed by atoms with van der Waals surface area (Å²) < 4.78 is 0. The van der Waals surface area contributed by atoms with E-state index in [4.69, 9.17) is 0 Å². The second-order valence-corrected chi connectivity index (χ2v) is 7.62. The van der Waals surface area contributed by atoms with Crippen molar-refractivity contribution in [3.8, 4) is 0 Å². The molecule has 1 amide bonds. The van der Waals surface area contributed by atoms with E-state index in [0.717, 1.165) is 19.4 Å². The molecule has 0 aliphatic carbocycles. The van der Waals surface area contributed by atoms with Gasteiger partial charge in [-0.3, -0.25) is 10.1 Å². The van der Waals surface area contributed by atoms with Gasteiger partial charge >= 0.3 is 0 Å². The van der Waals surface area contributed by atoms with Gasteiger partial charge in [0, 0.05) is 12.1 Å². The highest BCUT2D eigenvalue weighted by Gasteiger charge is 2.48. The van der Waals surface area contributed by atoms with Crippen LogP contribution in [0.5, 0.6) is 0 Å². The zero-order valence-corrected chi connectivity index (χ0v) is 14.6. The number of nitrogens with one attached hydrogen (secondary N) is 1. The van der Waals surface area contributed by atoms with E-state index in [1.165, 1.54) is 0 Å². The average Bonchev–Trinajstić information content (AvgIpc) is 2.53. The highest BCUT2D eigenvalue weighted by Crippen LogP contribution is 2.29. The summed E-state index contributed by atoms with van der Waals surface area (Å²) in [5.74, 6) is 0.824. The predicted octanol–water partition coefficient (Wildman–Crippen LogP) is 2.30. The molecule has 0 aromatic heterocycles. The lowest BCUT2D eigenvalue weighted by Crippen LogP contribution is -2.52. The maximum atomic E-state index is 12.8. The summed E-state index contributed by atoms with van der Waals surface area (Å²) in [7, 11) is 4.15. The zero-order valence-electron chi connectivity index (χ0n) is 14.6. The molecule has 1 rings (SSSR count). The maximum absolute atomic E-state index is 12.8. The number of rotatable bonds is 6. The van der Waals surface area contributed by atoms with Crippen LogP contribution in [0.3, 0.4) is 0 Å². The monoisotopic (exact) mass is 283 g/mol. The van der Waals surface area contributed by atoms with Crippen LogP contribution in [0.25, 0.3) is 0 Å². The van der Waals surface area contributed by atoms with Crippen molar-refractivity contribution in [1.82, 2.24) is 15.1 Å². The minimum atomic E-state index is -0.401. The minimum Gasteiger partial charge on any atom is -0.324 e. The van der Waals surface area contributed by atoms with Crippen molar-refractivity contribution >= 4 is 5.91 Å². The first-order chi connectivity index (χ1) is 9.03. The van der Waals surface area contributed by atoms with E-state index in [9.17, 15) is 4.79 Å². The van der Waals surface area contributed by atoms with E-state index in [1.807, 2.05) is 6.92 Å². The number of carbonyl (C=O) groups excluding carboxylic acids is 1.